The molecule has 0 heterocycles. The highest BCUT2D eigenvalue weighted by molar-refractivity contribution is 8.00. The van der Waals surface area contributed by atoms with Gasteiger partial charge in [0.1, 0.15) is 16.7 Å². The van der Waals surface area contributed by atoms with Crippen LogP contribution in [0.4, 0.5) is 11.4 Å². The third-order valence-corrected chi connectivity index (χ3v) is 8.57. The lowest BCUT2D eigenvalue weighted by Gasteiger charge is -2.18. The van der Waals surface area contributed by atoms with Gasteiger partial charge in [-0.05, 0) is 66.2 Å². The summed E-state index contributed by atoms with van der Waals surface area (Å²) in [6.45, 7) is 0. The molecule has 3 amide bonds. The molecule has 3 N–H and O–H groups in total. The third-order valence-electron chi connectivity index (χ3n) is 7.31. The first-order valence-electron chi connectivity index (χ1n) is 15.3. The zero-order valence-electron chi connectivity index (χ0n) is 27.1. The SMILES string of the molecule is COc1cccc(NC(=O)C(Sc2ccc(NC(=O)/C(=C/c3cccc(OC)c3OC)NC(=O)c3ccccc3)cc2)c2ccccc2)c1. The van der Waals surface area contributed by atoms with Gasteiger partial charge in [0.15, 0.2) is 11.5 Å². The average molecular weight is 674 g/mol. The van der Waals surface area contributed by atoms with Crippen molar-refractivity contribution in [1.82, 2.24) is 5.32 Å². The van der Waals surface area contributed by atoms with Crippen LogP contribution < -0.4 is 30.2 Å². The van der Waals surface area contributed by atoms with E-state index in [1.165, 1.54) is 32.1 Å². The zero-order chi connectivity index (χ0) is 34.6. The zero-order valence-corrected chi connectivity index (χ0v) is 28.0. The minimum absolute atomic E-state index is 0.00258. The Hall–Kier alpha value is -6.00. The first kappa shape index (κ1) is 34.3. The molecule has 1 unspecified atom stereocenters. The Balaban J connectivity index is 1.36. The molecule has 0 spiro atoms. The van der Waals surface area contributed by atoms with Gasteiger partial charge in [-0.1, -0.05) is 66.7 Å². The van der Waals surface area contributed by atoms with Gasteiger partial charge in [0.2, 0.25) is 5.91 Å². The van der Waals surface area contributed by atoms with Crippen molar-refractivity contribution in [3.8, 4) is 17.2 Å². The second-order valence-electron chi connectivity index (χ2n) is 10.6. The van der Waals surface area contributed by atoms with Gasteiger partial charge in [-0.25, -0.2) is 0 Å². The van der Waals surface area contributed by atoms with Crippen LogP contribution >= 0.6 is 11.8 Å². The molecule has 9 nitrogen and oxygen atoms in total. The van der Waals surface area contributed by atoms with Crippen LogP contribution in [-0.4, -0.2) is 39.1 Å². The Kier molecular flexibility index (Phi) is 11.7. The number of methoxy groups -OCH3 is 3. The summed E-state index contributed by atoms with van der Waals surface area (Å²) in [5.74, 6) is 0.334. The molecule has 49 heavy (non-hydrogen) atoms. The molecule has 0 bridgehead atoms. The number of para-hydroxylation sites is 1. The van der Waals surface area contributed by atoms with E-state index in [0.717, 1.165) is 10.5 Å². The summed E-state index contributed by atoms with van der Waals surface area (Å²) in [7, 11) is 4.60. The predicted octanol–water partition coefficient (Wildman–Crippen LogP) is 7.59. The predicted molar refractivity (Wildman–Crippen MR) is 193 cm³/mol. The van der Waals surface area contributed by atoms with Gasteiger partial charge in [0.05, 0.1) is 21.3 Å². The second-order valence-corrected chi connectivity index (χ2v) is 11.7. The van der Waals surface area contributed by atoms with Crippen LogP contribution in [0.3, 0.4) is 0 Å². The minimum atomic E-state index is -0.562. The number of anilines is 2. The minimum Gasteiger partial charge on any atom is -0.497 e. The van der Waals surface area contributed by atoms with Crippen LogP contribution in [0, 0.1) is 0 Å². The first-order valence-corrected chi connectivity index (χ1v) is 16.1. The number of thioether (sulfide) groups is 1. The van der Waals surface area contributed by atoms with E-state index in [1.807, 2.05) is 54.6 Å². The number of hydrogen-bond donors (Lipinski definition) is 3. The van der Waals surface area contributed by atoms with Gasteiger partial charge in [-0.15, -0.1) is 11.8 Å². The van der Waals surface area contributed by atoms with Gasteiger partial charge in [0.25, 0.3) is 11.8 Å². The Bertz CT molecular complexity index is 1930. The topological polar surface area (TPSA) is 115 Å². The molecule has 0 aliphatic heterocycles. The summed E-state index contributed by atoms with van der Waals surface area (Å²) >= 11 is 1.38. The summed E-state index contributed by atoms with van der Waals surface area (Å²) in [5.41, 5.74) is 2.87. The summed E-state index contributed by atoms with van der Waals surface area (Å²) in [4.78, 5) is 41.1. The van der Waals surface area contributed by atoms with Gasteiger partial charge in [-0.2, -0.15) is 0 Å². The summed E-state index contributed by atoms with van der Waals surface area (Å²) in [6.07, 6.45) is 1.53. The number of carbonyl (C=O) groups excluding carboxylic acids is 3. The largest absolute Gasteiger partial charge is 0.497 e. The van der Waals surface area contributed by atoms with Crippen molar-refractivity contribution >= 4 is 46.9 Å². The van der Waals surface area contributed by atoms with E-state index in [2.05, 4.69) is 16.0 Å². The molecule has 0 aromatic heterocycles. The number of ether oxygens (including phenoxy) is 3. The van der Waals surface area contributed by atoms with E-state index in [-0.39, 0.29) is 11.6 Å². The maximum absolute atomic E-state index is 13.7. The number of carbonyl (C=O) groups is 3. The molecule has 0 saturated carbocycles. The van der Waals surface area contributed by atoms with Crippen molar-refractivity contribution in [3.05, 3.63) is 150 Å². The smallest absolute Gasteiger partial charge is 0.272 e. The molecule has 0 fully saturated rings. The average Bonchev–Trinajstić information content (AvgIpc) is 3.14. The third kappa shape index (κ3) is 9.09. The second kappa shape index (κ2) is 16.7. The molecule has 1 atom stereocenters. The Morgan fingerprint density at radius 2 is 1.37 bits per heavy atom. The fourth-order valence-corrected chi connectivity index (χ4v) is 5.91. The lowest BCUT2D eigenvalue weighted by Crippen LogP contribution is -2.30. The number of amides is 3. The first-order chi connectivity index (χ1) is 23.9. The fourth-order valence-electron chi connectivity index (χ4n) is 4.88. The van der Waals surface area contributed by atoms with Crippen LogP contribution in [0.25, 0.3) is 6.08 Å². The van der Waals surface area contributed by atoms with Gasteiger partial charge >= 0.3 is 0 Å². The maximum Gasteiger partial charge on any atom is 0.272 e. The molecule has 5 rings (SSSR count). The lowest BCUT2D eigenvalue weighted by atomic mass is 10.1. The summed E-state index contributed by atoms with van der Waals surface area (Å²) in [5, 5.41) is 8.04. The maximum atomic E-state index is 13.7. The molecular formula is C39H35N3O6S. The quantitative estimate of drug-likeness (QED) is 0.0872. The fraction of sp³-hybridized carbons (Fsp3) is 0.103. The van der Waals surface area contributed by atoms with E-state index >= 15 is 0 Å². The van der Waals surface area contributed by atoms with Crippen LogP contribution in [0.2, 0.25) is 0 Å². The van der Waals surface area contributed by atoms with E-state index in [1.54, 1.807) is 79.9 Å². The van der Waals surface area contributed by atoms with E-state index < -0.39 is 17.1 Å². The van der Waals surface area contributed by atoms with Crippen molar-refractivity contribution in [2.24, 2.45) is 0 Å². The standard InChI is InChI=1S/C39H35N3O6S/c1-46-31-18-11-17-30(25-31)41-39(45)36(26-12-6-4-7-13-26)49-32-22-20-29(21-23-32)40-38(44)33(42-37(43)27-14-8-5-9-15-27)24-28-16-10-19-34(47-2)35(28)48-3/h4-25,36H,1-3H3,(H,40,44)(H,41,45)(H,42,43)/b33-24-. The van der Waals surface area contributed by atoms with E-state index in [0.29, 0.717) is 39.8 Å². The van der Waals surface area contributed by atoms with E-state index in [9.17, 15) is 14.4 Å². The normalized spacial score (nSPS) is 11.5. The molecule has 0 aliphatic carbocycles. The highest BCUT2D eigenvalue weighted by Gasteiger charge is 2.23. The Morgan fingerprint density at radius 1 is 0.673 bits per heavy atom. The van der Waals surface area contributed by atoms with E-state index in [4.69, 9.17) is 14.2 Å². The monoisotopic (exact) mass is 673 g/mol. The number of benzene rings is 5. The Labute approximate surface area is 289 Å². The van der Waals surface area contributed by atoms with Crippen molar-refractivity contribution in [2.45, 2.75) is 10.1 Å². The molecule has 248 valence electrons. The van der Waals surface area contributed by atoms with Crippen molar-refractivity contribution in [2.75, 3.05) is 32.0 Å². The molecule has 0 saturated heterocycles. The molecule has 10 heteroatoms. The van der Waals surface area contributed by atoms with Crippen molar-refractivity contribution in [1.29, 1.82) is 0 Å². The van der Waals surface area contributed by atoms with Crippen LogP contribution in [0.15, 0.2) is 138 Å². The van der Waals surface area contributed by atoms with Gasteiger partial charge in [-0.3, -0.25) is 14.4 Å². The number of nitrogens with one attached hydrogen (secondary N) is 3. The highest BCUT2D eigenvalue weighted by Crippen LogP contribution is 2.37. The highest BCUT2D eigenvalue weighted by atomic mass is 32.2. The van der Waals surface area contributed by atoms with Gasteiger partial charge < -0.3 is 30.2 Å². The van der Waals surface area contributed by atoms with Crippen molar-refractivity contribution in [3.63, 3.8) is 0 Å². The molecule has 5 aromatic carbocycles. The van der Waals surface area contributed by atoms with Gasteiger partial charge in [0, 0.05) is 33.5 Å². The molecule has 0 radical (unpaired) electrons. The number of rotatable bonds is 13. The van der Waals surface area contributed by atoms with Crippen molar-refractivity contribution < 1.29 is 28.6 Å². The van der Waals surface area contributed by atoms with Crippen LogP contribution in [-0.2, 0) is 9.59 Å². The molecule has 0 aliphatic rings. The summed E-state index contributed by atoms with van der Waals surface area (Å²) < 4.78 is 16.3. The lowest BCUT2D eigenvalue weighted by molar-refractivity contribution is -0.116. The van der Waals surface area contributed by atoms with Crippen LogP contribution in [0.1, 0.15) is 26.7 Å². The van der Waals surface area contributed by atoms with Crippen LogP contribution in [0.5, 0.6) is 17.2 Å². The Morgan fingerprint density at radius 3 is 2.04 bits per heavy atom. The summed E-state index contributed by atoms with van der Waals surface area (Å²) in [6, 6.07) is 37.7. The molecule has 5 aromatic rings. The molecular weight excluding hydrogens is 639 g/mol. The number of hydrogen-bond acceptors (Lipinski definition) is 7.